The van der Waals surface area contributed by atoms with Crippen LogP contribution in [0.2, 0.25) is 0 Å². The summed E-state index contributed by atoms with van der Waals surface area (Å²) in [4.78, 5) is 16.3. The van der Waals surface area contributed by atoms with Crippen molar-refractivity contribution in [2.45, 2.75) is 0 Å². The second kappa shape index (κ2) is 6.37. The van der Waals surface area contributed by atoms with Gasteiger partial charge in [0.1, 0.15) is 18.4 Å². The van der Waals surface area contributed by atoms with Gasteiger partial charge in [0.15, 0.2) is 6.34 Å². The number of hydrogen-bond acceptors (Lipinski definition) is 2. The predicted octanol–water partition coefficient (Wildman–Crippen LogP) is 2.94. The predicted molar refractivity (Wildman–Crippen MR) is 89.5 cm³/mol. The molecule has 0 aliphatic carbocycles. The monoisotopic (exact) mass is 292 g/mol. The molecule has 1 N–H and O–H groups in total. The van der Waals surface area contributed by atoms with Crippen LogP contribution in [-0.4, -0.2) is 25.3 Å². The third-order valence-corrected chi connectivity index (χ3v) is 3.73. The number of amides is 1. The lowest BCUT2D eigenvalue weighted by Gasteiger charge is -2.27. The van der Waals surface area contributed by atoms with Gasteiger partial charge in [-0.2, -0.15) is 0 Å². The van der Waals surface area contributed by atoms with E-state index in [1.165, 1.54) is 0 Å². The Hall–Kier alpha value is -2.72. The maximum absolute atomic E-state index is 12.1. The number of para-hydroxylation sites is 1. The molecule has 4 heteroatoms. The molecule has 3 rings (SSSR count). The Bertz CT molecular complexity index is 681. The Morgan fingerprint density at radius 3 is 2.32 bits per heavy atom. The van der Waals surface area contributed by atoms with E-state index in [-0.39, 0.29) is 5.91 Å². The van der Waals surface area contributed by atoms with Crippen LogP contribution in [0.1, 0.15) is 10.4 Å². The molecule has 0 fully saturated rings. The minimum absolute atomic E-state index is 0.0491. The van der Waals surface area contributed by atoms with Crippen molar-refractivity contribution in [3.05, 3.63) is 78.6 Å². The van der Waals surface area contributed by atoms with E-state index in [2.05, 4.69) is 22.4 Å². The van der Waals surface area contributed by atoms with Crippen LogP contribution in [0.25, 0.3) is 0 Å². The van der Waals surface area contributed by atoms with E-state index in [1.807, 2.05) is 61.1 Å². The number of benzene rings is 2. The Morgan fingerprint density at radius 1 is 1.00 bits per heavy atom. The van der Waals surface area contributed by atoms with Crippen molar-refractivity contribution in [1.29, 1.82) is 0 Å². The molecule has 4 nitrogen and oxygen atoms in total. The van der Waals surface area contributed by atoms with Crippen molar-refractivity contribution in [3.63, 3.8) is 0 Å². The quantitative estimate of drug-likeness (QED) is 0.846. The Balaban J connectivity index is 1.66. The lowest BCUT2D eigenvalue weighted by atomic mass is 10.2. The molecule has 1 atom stereocenters. The number of aliphatic imine (C=N–C) groups is 1. The number of hydrogen-bond donors (Lipinski definition) is 1. The molecule has 0 radical (unpaired) electrons. The lowest BCUT2D eigenvalue weighted by Crippen LogP contribution is -2.46. The van der Waals surface area contributed by atoms with Gasteiger partial charge in [-0.05, 0) is 24.3 Å². The molecular weight excluding hydrogens is 274 g/mol. The van der Waals surface area contributed by atoms with Crippen LogP contribution in [0, 0.1) is 0 Å². The highest BCUT2D eigenvalue weighted by atomic mass is 16.1. The number of nitrogens with zero attached hydrogens (tertiary/aromatic N) is 2. The van der Waals surface area contributed by atoms with E-state index in [9.17, 15) is 4.79 Å². The first-order valence-electron chi connectivity index (χ1n) is 7.29. The van der Waals surface area contributed by atoms with Gasteiger partial charge in [0.05, 0.1) is 12.7 Å². The summed E-state index contributed by atoms with van der Waals surface area (Å²) in [6.07, 6.45) is 5.72. The molecule has 1 unspecified atom stereocenters. The van der Waals surface area contributed by atoms with Crippen LogP contribution < -0.4 is 9.80 Å². The zero-order valence-corrected chi connectivity index (χ0v) is 12.2. The van der Waals surface area contributed by atoms with E-state index in [0.29, 0.717) is 16.6 Å². The van der Waals surface area contributed by atoms with Crippen LogP contribution in [0.4, 0.5) is 5.69 Å². The highest BCUT2D eigenvalue weighted by molar-refractivity contribution is 5.94. The minimum atomic E-state index is -0.0491. The fraction of sp³-hybridized carbons (Fsp3) is 0.111. The van der Waals surface area contributed by atoms with Gasteiger partial charge in [0.25, 0.3) is 5.91 Å². The van der Waals surface area contributed by atoms with Crippen molar-refractivity contribution in [2.75, 3.05) is 13.1 Å². The Kier molecular flexibility index (Phi) is 4.12. The van der Waals surface area contributed by atoms with Crippen LogP contribution >= 0.6 is 0 Å². The third kappa shape index (κ3) is 2.97. The fourth-order valence-corrected chi connectivity index (χ4v) is 2.52. The molecule has 2 aromatic carbocycles. The lowest BCUT2D eigenvalue weighted by molar-refractivity contribution is 0.0953. The Labute approximate surface area is 130 Å². The molecule has 0 aromatic heterocycles. The SMILES string of the molecule is O=C(NCC[N+]1(c2ccccc2)C=CN=C1)c1ccccc1. The van der Waals surface area contributed by atoms with Crippen molar-refractivity contribution >= 4 is 17.9 Å². The smallest absolute Gasteiger partial charge is 0.251 e. The zero-order valence-electron chi connectivity index (χ0n) is 12.2. The molecule has 110 valence electrons. The van der Waals surface area contributed by atoms with Crippen LogP contribution in [0.3, 0.4) is 0 Å². The molecular formula is C18H18N3O+. The molecule has 1 aliphatic heterocycles. The van der Waals surface area contributed by atoms with Gasteiger partial charge < -0.3 is 5.32 Å². The van der Waals surface area contributed by atoms with Gasteiger partial charge in [0, 0.05) is 5.56 Å². The molecule has 1 amide bonds. The second-order valence-corrected chi connectivity index (χ2v) is 5.17. The van der Waals surface area contributed by atoms with Crippen LogP contribution in [0.5, 0.6) is 0 Å². The molecule has 0 saturated carbocycles. The molecule has 22 heavy (non-hydrogen) atoms. The summed E-state index contributed by atoms with van der Waals surface area (Å²) in [5, 5.41) is 2.97. The van der Waals surface area contributed by atoms with Crippen molar-refractivity contribution < 1.29 is 4.79 Å². The van der Waals surface area contributed by atoms with Gasteiger partial charge in [-0.25, -0.2) is 9.48 Å². The number of rotatable bonds is 5. The topological polar surface area (TPSA) is 41.5 Å². The van der Waals surface area contributed by atoms with Crippen molar-refractivity contribution in [2.24, 2.45) is 4.99 Å². The maximum atomic E-state index is 12.1. The van der Waals surface area contributed by atoms with Crippen molar-refractivity contribution in [3.8, 4) is 0 Å². The summed E-state index contributed by atoms with van der Waals surface area (Å²) in [6.45, 7) is 1.29. The van der Waals surface area contributed by atoms with E-state index < -0.39 is 0 Å². The summed E-state index contributed by atoms with van der Waals surface area (Å²) in [5.74, 6) is -0.0491. The first kappa shape index (κ1) is 14.2. The highest BCUT2D eigenvalue weighted by Crippen LogP contribution is 2.24. The van der Waals surface area contributed by atoms with Gasteiger partial charge in [0.2, 0.25) is 0 Å². The minimum Gasteiger partial charge on any atom is -0.346 e. The molecule has 0 saturated heterocycles. The van der Waals surface area contributed by atoms with Gasteiger partial charge in [-0.3, -0.25) is 4.79 Å². The van der Waals surface area contributed by atoms with Crippen molar-refractivity contribution in [1.82, 2.24) is 9.80 Å². The Morgan fingerprint density at radius 2 is 1.68 bits per heavy atom. The molecule has 0 bridgehead atoms. The largest absolute Gasteiger partial charge is 0.346 e. The standard InChI is InChI=1S/C18H17N3O/c22-18(16-7-3-1-4-8-16)20-12-14-21(13-11-19-15-21)17-9-5-2-6-10-17/h1-11,13,15H,12,14H2/p+1. The van der Waals surface area contributed by atoms with Gasteiger partial charge >= 0.3 is 0 Å². The highest BCUT2D eigenvalue weighted by Gasteiger charge is 2.28. The molecule has 2 aromatic rings. The number of nitrogens with one attached hydrogen (secondary N) is 1. The van der Waals surface area contributed by atoms with Gasteiger partial charge in [-0.1, -0.05) is 36.4 Å². The number of quaternary nitrogens is 1. The van der Waals surface area contributed by atoms with Crippen LogP contribution in [0.15, 0.2) is 78.1 Å². The molecule has 1 aliphatic rings. The first-order chi connectivity index (χ1) is 10.8. The third-order valence-electron chi connectivity index (χ3n) is 3.73. The summed E-state index contributed by atoms with van der Waals surface area (Å²) < 4.78 is 0.524. The van der Waals surface area contributed by atoms with E-state index in [4.69, 9.17) is 0 Å². The average molecular weight is 292 g/mol. The fourth-order valence-electron chi connectivity index (χ4n) is 2.52. The summed E-state index contributed by atoms with van der Waals surface area (Å²) in [7, 11) is 0. The van der Waals surface area contributed by atoms with E-state index >= 15 is 0 Å². The summed E-state index contributed by atoms with van der Waals surface area (Å²) >= 11 is 0. The average Bonchev–Trinajstić information content (AvgIpc) is 3.06. The number of carbonyl (C=O) groups excluding carboxylic acids is 1. The second-order valence-electron chi connectivity index (χ2n) is 5.17. The van der Waals surface area contributed by atoms with E-state index in [0.717, 1.165) is 12.2 Å². The first-order valence-corrected chi connectivity index (χ1v) is 7.29. The number of carbonyl (C=O) groups is 1. The van der Waals surface area contributed by atoms with E-state index in [1.54, 1.807) is 6.20 Å². The summed E-state index contributed by atoms with van der Waals surface area (Å²) in [5.41, 5.74) is 1.81. The van der Waals surface area contributed by atoms with Gasteiger partial charge in [-0.15, -0.1) is 0 Å². The van der Waals surface area contributed by atoms with Crippen LogP contribution in [-0.2, 0) is 0 Å². The normalized spacial score (nSPS) is 19.3. The zero-order chi connectivity index (χ0) is 15.3. The molecule has 0 spiro atoms. The maximum Gasteiger partial charge on any atom is 0.251 e. The summed E-state index contributed by atoms with van der Waals surface area (Å²) in [6, 6.07) is 19.4. The molecule has 1 heterocycles.